The number of carbonyl (C=O) groups is 1. The van der Waals surface area contributed by atoms with Crippen molar-refractivity contribution in [2.75, 3.05) is 7.11 Å². The summed E-state index contributed by atoms with van der Waals surface area (Å²) in [6.07, 6.45) is 1.61. The molecule has 0 saturated carbocycles. The zero-order valence-electron chi connectivity index (χ0n) is 11.4. The Morgan fingerprint density at radius 1 is 1.29 bits per heavy atom. The lowest BCUT2D eigenvalue weighted by Crippen LogP contribution is -2.27. The molecule has 0 saturated heterocycles. The van der Waals surface area contributed by atoms with Gasteiger partial charge in [0.1, 0.15) is 12.3 Å². The van der Waals surface area contributed by atoms with Crippen LogP contribution in [-0.4, -0.2) is 22.8 Å². The van der Waals surface area contributed by atoms with E-state index < -0.39 is 11.5 Å². The molecular weight excluding hydrogens is 294 g/mol. The largest absolute Gasteiger partial charge is 0.507 e. The van der Waals surface area contributed by atoms with Crippen LogP contribution in [0.25, 0.3) is 0 Å². The number of aromatic hydroxyl groups is 1. The maximum absolute atomic E-state index is 12.3. The SMILES string of the molecule is COC(=O)Cn1ccc(O)c(Cc2ccc(Cl)cc2)c1=O. The van der Waals surface area contributed by atoms with Crippen LogP contribution in [0, 0.1) is 0 Å². The first-order valence-corrected chi connectivity index (χ1v) is 6.61. The molecule has 1 aromatic heterocycles. The van der Waals surface area contributed by atoms with Gasteiger partial charge < -0.3 is 14.4 Å². The van der Waals surface area contributed by atoms with Crippen LogP contribution < -0.4 is 5.56 Å². The van der Waals surface area contributed by atoms with Crippen molar-refractivity contribution in [2.24, 2.45) is 0 Å². The molecule has 1 heterocycles. The molecule has 0 atom stereocenters. The first-order valence-electron chi connectivity index (χ1n) is 6.24. The van der Waals surface area contributed by atoms with Gasteiger partial charge in [-0.3, -0.25) is 9.59 Å². The highest BCUT2D eigenvalue weighted by Gasteiger charge is 2.12. The highest BCUT2D eigenvalue weighted by Crippen LogP contribution is 2.18. The normalized spacial score (nSPS) is 10.4. The average Bonchev–Trinajstić information content (AvgIpc) is 2.48. The zero-order valence-corrected chi connectivity index (χ0v) is 12.1. The van der Waals surface area contributed by atoms with Gasteiger partial charge in [0.05, 0.1) is 12.7 Å². The van der Waals surface area contributed by atoms with Gasteiger partial charge >= 0.3 is 5.97 Å². The molecule has 0 aliphatic heterocycles. The Labute approximate surface area is 126 Å². The molecule has 6 heteroatoms. The summed E-state index contributed by atoms with van der Waals surface area (Å²) in [6, 6.07) is 8.36. The zero-order chi connectivity index (χ0) is 15.4. The van der Waals surface area contributed by atoms with Crippen LogP contribution in [0.4, 0.5) is 0 Å². The third-order valence-corrected chi connectivity index (χ3v) is 3.31. The summed E-state index contributed by atoms with van der Waals surface area (Å²) < 4.78 is 5.74. The molecule has 1 aromatic carbocycles. The van der Waals surface area contributed by atoms with Gasteiger partial charge in [-0.2, -0.15) is 0 Å². The van der Waals surface area contributed by atoms with Crippen molar-refractivity contribution in [2.45, 2.75) is 13.0 Å². The Balaban J connectivity index is 2.34. The summed E-state index contributed by atoms with van der Waals surface area (Å²) in [6.45, 7) is -0.191. The number of esters is 1. The van der Waals surface area contributed by atoms with E-state index in [9.17, 15) is 14.7 Å². The average molecular weight is 308 g/mol. The van der Waals surface area contributed by atoms with E-state index in [4.69, 9.17) is 11.6 Å². The third kappa shape index (κ3) is 3.64. The van der Waals surface area contributed by atoms with Gasteiger partial charge in [0.2, 0.25) is 0 Å². The van der Waals surface area contributed by atoms with Gasteiger partial charge in [-0.25, -0.2) is 0 Å². The Morgan fingerprint density at radius 3 is 2.57 bits per heavy atom. The number of halogens is 1. The first-order chi connectivity index (χ1) is 10.0. The third-order valence-electron chi connectivity index (χ3n) is 3.06. The molecular formula is C15H14ClNO4. The highest BCUT2D eigenvalue weighted by atomic mass is 35.5. The lowest BCUT2D eigenvalue weighted by atomic mass is 10.1. The van der Waals surface area contributed by atoms with Crippen LogP contribution in [0.15, 0.2) is 41.3 Å². The number of nitrogens with zero attached hydrogens (tertiary/aromatic N) is 1. The number of carbonyl (C=O) groups excluding carboxylic acids is 1. The lowest BCUT2D eigenvalue weighted by Gasteiger charge is -2.09. The number of ether oxygens (including phenoxy) is 1. The van der Waals surface area contributed by atoms with Crippen molar-refractivity contribution in [1.82, 2.24) is 4.57 Å². The number of aromatic nitrogens is 1. The molecule has 21 heavy (non-hydrogen) atoms. The molecule has 110 valence electrons. The number of pyridine rings is 1. The fourth-order valence-corrected chi connectivity index (χ4v) is 2.04. The first kappa shape index (κ1) is 15.1. The van der Waals surface area contributed by atoms with Gasteiger partial charge in [-0.05, 0) is 23.8 Å². The van der Waals surface area contributed by atoms with Gasteiger partial charge in [-0.1, -0.05) is 23.7 Å². The number of methoxy groups -OCH3 is 1. The fourth-order valence-electron chi connectivity index (χ4n) is 1.91. The van der Waals surface area contributed by atoms with E-state index in [0.717, 1.165) is 5.56 Å². The van der Waals surface area contributed by atoms with E-state index in [-0.39, 0.29) is 24.3 Å². The van der Waals surface area contributed by atoms with E-state index in [1.54, 1.807) is 24.3 Å². The Hall–Kier alpha value is -2.27. The molecule has 2 rings (SSSR count). The minimum atomic E-state index is -0.528. The standard InChI is InChI=1S/C15H14ClNO4/c1-21-14(19)9-17-7-6-13(18)12(15(17)20)8-10-2-4-11(16)5-3-10/h2-7,18H,8-9H2,1H3. The fraction of sp³-hybridized carbons (Fsp3) is 0.200. The quantitative estimate of drug-likeness (QED) is 0.877. The summed E-state index contributed by atoms with van der Waals surface area (Å²) in [5.41, 5.74) is 0.640. The molecule has 5 nitrogen and oxygen atoms in total. The van der Waals surface area contributed by atoms with E-state index in [1.165, 1.54) is 23.9 Å². The predicted octanol–water partition coefficient (Wildman–Crippen LogP) is 1.97. The predicted molar refractivity (Wildman–Crippen MR) is 78.6 cm³/mol. The van der Waals surface area contributed by atoms with E-state index in [2.05, 4.69) is 4.74 Å². The molecule has 0 amide bonds. The molecule has 0 spiro atoms. The minimum Gasteiger partial charge on any atom is -0.507 e. The second-order valence-electron chi connectivity index (χ2n) is 4.49. The number of benzene rings is 1. The number of hydrogen-bond donors (Lipinski definition) is 1. The molecule has 0 fully saturated rings. The molecule has 0 radical (unpaired) electrons. The summed E-state index contributed by atoms with van der Waals surface area (Å²) >= 11 is 5.81. The van der Waals surface area contributed by atoms with Crippen LogP contribution in [0.3, 0.4) is 0 Å². The van der Waals surface area contributed by atoms with E-state index >= 15 is 0 Å². The van der Waals surface area contributed by atoms with Crippen molar-refractivity contribution in [3.8, 4) is 5.75 Å². The Morgan fingerprint density at radius 2 is 1.95 bits per heavy atom. The Bertz CT molecular complexity index is 707. The van der Waals surface area contributed by atoms with Crippen molar-refractivity contribution < 1.29 is 14.6 Å². The van der Waals surface area contributed by atoms with Gasteiger partial charge in [0, 0.05) is 17.6 Å². The van der Waals surface area contributed by atoms with Crippen LogP contribution in [0.5, 0.6) is 5.75 Å². The van der Waals surface area contributed by atoms with E-state index in [0.29, 0.717) is 5.02 Å². The van der Waals surface area contributed by atoms with Crippen LogP contribution in [-0.2, 0) is 22.5 Å². The van der Waals surface area contributed by atoms with Crippen molar-refractivity contribution in [3.05, 3.63) is 63.0 Å². The van der Waals surface area contributed by atoms with Crippen molar-refractivity contribution in [1.29, 1.82) is 0 Å². The molecule has 2 aromatic rings. The van der Waals surface area contributed by atoms with Crippen LogP contribution in [0.2, 0.25) is 5.02 Å². The second-order valence-corrected chi connectivity index (χ2v) is 4.93. The van der Waals surface area contributed by atoms with Crippen LogP contribution >= 0.6 is 11.6 Å². The topological polar surface area (TPSA) is 68.5 Å². The van der Waals surface area contributed by atoms with Crippen molar-refractivity contribution in [3.63, 3.8) is 0 Å². The summed E-state index contributed by atoms with van der Waals surface area (Å²) in [4.78, 5) is 23.5. The molecule has 0 aliphatic rings. The minimum absolute atomic E-state index is 0.101. The monoisotopic (exact) mass is 307 g/mol. The molecule has 0 bridgehead atoms. The van der Waals surface area contributed by atoms with Gasteiger partial charge in [0.25, 0.3) is 5.56 Å². The number of hydrogen-bond acceptors (Lipinski definition) is 4. The Kier molecular flexibility index (Phi) is 4.65. The number of rotatable bonds is 4. The van der Waals surface area contributed by atoms with Gasteiger partial charge in [-0.15, -0.1) is 0 Å². The maximum Gasteiger partial charge on any atom is 0.325 e. The van der Waals surface area contributed by atoms with Gasteiger partial charge in [0.15, 0.2) is 0 Å². The lowest BCUT2D eigenvalue weighted by molar-refractivity contribution is -0.141. The van der Waals surface area contributed by atoms with Crippen LogP contribution in [0.1, 0.15) is 11.1 Å². The molecule has 0 aliphatic carbocycles. The smallest absolute Gasteiger partial charge is 0.325 e. The maximum atomic E-state index is 12.3. The van der Waals surface area contributed by atoms with E-state index in [1.807, 2.05) is 0 Å². The summed E-state index contributed by atoms with van der Waals surface area (Å²) in [5.74, 6) is -0.628. The summed E-state index contributed by atoms with van der Waals surface area (Å²) in [5, 5.41) is 10.5. The molecule has 0 unspecified atom stereocenters. The van der Waals surface area contributed by atoms with Crippen molar-refractivity contribution >= 4 is 17.6 Å². The molecule has 1 N–H and O–H groups in total. The second kappa shape index (κ2) is 6.45. The highest BCUT2D eigenvalue weighted by molar-refractivity contribution is 6.30. The summed E-state index contributed by atoms with van der Waals surface area (Å²) in [7, 11) is 1.25.